The van der Waals surface area contributed by atoms with Crippen molar-refractivity contribution >= 4 is 80.3 Å². The Balaban J connectivity index is 0.990. The summed E-state index contributed by atoms with van der Waals surface area (Å²) in [5, 5.41) is 13.7. The molecule has 3 atom stereocenters. The fourth-order valence-electron chi connectivity index (χ4n) is 10.7. The molecule has 0 radical (unpaired) electrons. The van der Waals surface area contributed by atoms with Crippen molar-refractivity contribution in [3.8, 4) is 17.2 Å². The molecule has 5 aromatic carbocycles. The summed E-state index contributed by atoms with van der Waals surface area (Å²) in [5.41, 5.74) is 10.1. The van der Waals surface area contributed by atoms with Gasteiger partial charge in [0, 0.05) is 90.7 Å². The molecule has 5 aromatic rings. The van der Waals surface area contributed by atoms with Gasteiger partial charge in [0.1, 0.15) is 19.0 Å². The average Bonchev–Trinajstić information content (AvgIpc) is 4.04. The highest BCUT2D eigenvalue weighted by atomic mass is 33.1. The van der Waals surface area contributed by atoms with Crippen LogP contribution in [0.5, 0.6) is 17.2 Å². The van der Waals surface area contributed by atoms with Crippen molar-refractivity contribution in [1.82, 2.24) is 0 Å². The van der Waals surface area contributed by atoms with E-state index < -0.39 is 16.6 Å². The van der Waals surface area contributed by atoms with Crippen LogP contribution in [0.2, 0.25) is 0 Å². The van der Waals surface area contributed by atoms with Crippen LogP contribution in [-0.4, -0.2) is 131 Å². The molecule has 1 unspecified atom stereocenters. The van der Waals surface area contributed by atoms with Gasteiger partial charge < -0.3 is 48.2 Å². The number of carboxylic acids is 1. The van der Waals surface area contributed by atoms with Crippen LogP contribution >= 0.6 is 21.6 Å². The maximum absolute atomic E-state index is 14.3. The average molecular weight is 1140 g/mol. The smallest absolute Gasteiger partial charge is 0.307 e. The van der Waals surface area contributed by atoms with E-state index in [0.717, 1.165) is 64.1 Å². The lowest BCUT2D eigenvalue weighted by Gasteiger charge is -2.34. The minimum absolute atomic E-state index is 0.0163. The number of carbonyl (C=O) groups excluding carboxylic acids is 3. The summed E-state index contributed by atoms with van der Waals surface area (Å²) >= 11 is 0. The largest absolute Gasteiger partial charge is 0.493 e. The SMILES string of the molecule is CC=NOCC(=O)CC(CSSC(C)(C)CN(CCOCCOCCOC)c1cc(COc2cc3c(cc2C)C(=O)N2c4ccccc4C[C@H]2CC3)cc(COc2cc3c(cc2OC)C(=O)N2c4ccccc4C[C@H]2C=N3)c1)C(=O)O. The number of methoxy groups -OCH3 is 2. The molecule has 0 aromatic heterocycles. The third-order valence-electron chi connectivity index (χ3n) is 14.7. The van der Waals surface area contributed by atoms with Crippen LogP contribution in [0.3, 0.4) is 0 Å². The predicted molar refractivity (Wildman–Crippen MR) is 318 cm³/mol. The van der Waals surface area contributed by atoms with Gasteiger partial charge >= 0.3 is 5.97 Å². The number of ketones is 1. The number of fused-ring (bicyclic) bond motifs is 8. The summed E-state index contributed by atoms with van der Waals surface area (Å²) in [5.74, 6) is -0.746. The van der Waals surface area contributed by atoms with Gasteiger partial charge in [0.05, 0.1) is 63.4 Å². The molecule has 428 valence electrons. The van der Waals surface area contributed by atoms with Crippen LogP contribution in [0.4, 0.5) is 22.7 Å². The second kappa shape index (κ2) is 27.2. The highest BCUT2D eigenvalue weighted by Gasteiger charge is 2.39. The molecule has 4 aliphatic heterocycles. The molecule has 0 fully saturated rings. The number of para-hydroxylation sites is 2. The van der Waals surface area contributed by atoms with Crippen LogP contribution in [-0.2, 0) is 61.1 Å². The van der Waals surface area contributed by atoms with Gasteiger partial charge in [-0.1, -0.05) is 63.1 Å². The number of amides is 2. The van der Waals surface area contributed by atoms with Crippen molar-refractivity contribution in [2.75, 3.05) is 87.4 Å². The number of aliphatic imine (C=N–C) groups is 1. The van der Waals surface area contributed by atoms with Gasteiger partial charge in [0.2, 0.25) is 0 Å². The van der Waals surface area contributed by atoms with Crippen molar-refractivity contribution in [1.29, 1.82) is 0 Å². The Kier molecular flexibility index (Phi) is 19.8. The third kappa shape index (κ3) is 14.4. The minimum atomic E-state index is -1.05. The Labute approximate surface area is 481 Å². The fraction of sp³-hybridized carbons (Fsp3) is 0.419. The zero-order valence-electron chi connectivity index (χ0n) is 46.9. The van der Waals surface area contributed by atoms with E-state index in [0.29, 0.717) is 86.6 Å². The van der Waals surface area contributed by atoms with Crippen LogP contribution in [0.15, 0.2) is 101 Å². The van der Waals surface area contributed by atoms with Crippen LogP contribution in [0.1, 0.15) is 87.7 Å². The van der Waals surface area contributed by atoms with E-state index in [1.54, 1.807) is 49.0 Å². The maximum atomic E-state index is 14.3. The van der Waals surface area contributed by atoms with Crippen molar-refractivity contribution in [3.63, 3.8) is 0 Å². The van der Waals surface area contributed by atoms with Crippen LogP contribution in [0.25, 0.3) is 0 Å². The van der Waals surface area contributed by atoms with Gasteiger partial charge in [-0.2, -0.15) is 0 Å². The monoisotopic (exact) mass is 1140 g/mol. The summed E-state index contributed by atoms with van der Waals surface area (Å²) < 4.78 is 35.8. The number of nitrogens with zero attached hydrogens (tertiary/aromatic N) is 5. The van der Waals surface area contributed by atoms with Crippen molar-refractivity contribution in [2.24, 2.45) is 16.1 Å². The number of Topliss-reactive ketones (excluding diaryl/α,β-unsaturated/α-hetero) is 1. The van der Waals surface area contributed by atoms with Gasteiger partial charge in [0.15, 0.2) is 23.9 Å². The number of aryl methyl sites for hydroxylation is 2. The van der Waals surface area contributed by atoms with Gasteiger partial charge in [0.25, 0.3) is 11.8 Å². The first kappa shape index (κ1) is 58.7. The summed E-state index contributed by atoms with van der Waals surface area (Å²) in [4.78, 5) is 69.3. The van der Waals surface area contributed by atoms with E-state index in [9.17, 15) is 24.3 Å². The summed E-state index contributed by atoms with van der Waals surface area (Å²) in [6.07, 6.45) is 6.16. The van der Waals surface area contributed by atoms with Gasteiger partial charge in [-0.05, 0) is 129 Å². The predicted octanol–water partition coefficient (Wildman–Crippen LogP) is 10.3. The molecular formula is C62H71N5O12S2. The van der Waals surface area contributed by atoms with Gasteiger partial charge in [-0.25, -0.2) is 0 Å². The number of hydrogen-bond acceptors (Lipinski definition) is 16. The highest BCUT2D eigenvalue weighted by Crippen LogP contribution is 2.43. The Hall–Kier alpha value is -6.90. The first-order chi connectivity index (χ1) is 39.2. The first-order valence-electron chi connectivity index (χ1n) is 27.4. The molecule has 81 heavy (non-hydrogen) atoms. The zero-order chi connectivity index (χ0) is 57.0. The summed E-state index contributed by atoms with van der Waals surface area (Å²) in [7, 11) is 6.15. The standard InChI is InChI=1S/C62H71N5O12S2/c1-7-64-79-37-50(68)30-46(61(71)72)38-80-81-62(3,4)39-65(18-19-75-22-23-76-21-20-73-5)48-26-41(35-77-56-31-43-16-17-47-28-44-12-8-10-14-54(44)66(47)59(69)51(43)24-40(56)2)25-42(27-48)36-78-58-33-53-52(32-57(58)74-6)60(70)67-49(34-63-53)29-45-13-9-11-15-55(45)67/h7-15,24-27,31-34,46-47,49H,16-23,28-30,35-39H2,1-6H3,(H,71,72)/t46?,47-,49+/m1/s1. The molecule has 9 rings (SSSR count). The number of rotatable bonds is 29. The van der Waals surface area contributed by atoms with E-state index in [-0.39, 0.29) is 61.7 Å². The number of oxime groups is 1. The summed E-state index contributed by atoms with van der Waals surface area (Å²) in [6, 6.07) is 29.7. The first-order valence-corrected chi connectivity index (χ1v) is 29.7. The van der Waals surface area contributed by atoms with Crippen molar-refractivity contribution < 1.29 is 57.5 Å². The van der Waals surface area contributed by atoms with Gasteiger partial charge in [-0.3, -0.25) is 29.1 Å². The van der Waals surface area contributed by atoms with E-state index >= 15 is 0 Å². The quantitative estimate of drug-likeness (QED) is 0.0206. The lowest BCUT2D eigenvalue weighted by atomic mass is 9.98. The second-order valence-electron chi connectivity index (χ2n) is 21.1. The molecule has 0 saturated carbocycles. The van der Waals surface area contributed by atoms with E-state index in [4.69, 9.17) is 38.3 Å². The second-order valence-corrected chi connectivity index (χ2v) is 24.2. The Morgan fingerprint density at radius 2 is 1.49 bits per heavy atom. The molecule has 17 nitrogen and oxygen atoms in total. The molecule has 4 heterocycles. The minimum Gasteiger partial charge on any atom is -0.493 e. The Morgan fingerprint density at radius 1 is 0.815 bits per heavy atom. The van der Waals surface area contributed by atoms with E-state index in [1.165, 1.54) is 22.6 Å². The zero-order valence-corrected chi connectivity index (χ0v) is 48.5. The number of anilines is 3. The number of carbonyl (C=O) groups is 4. The molecule has 1 N–H and O–H groups in total. The third-order valence-corrected chi connectivity index (χ3v) is 18.0. The molecule has 0 saturated heterocycles. The number of ether oxygens (including phenoxy) is 6. The van der Waals surface area contributed by atoms with Crippen LogP contribution < -0.4 is 28.9 Å². The van der Waals surface area contributed by atoms with E-state index in [2.05, 4.69) is 48.2 Å². The molecule has 2 amide bonds. The Bertz CT molecular complexity index is 3150. The normalized spacial score (nSPS) is 16.4. The lowest BCUT2D eigenvalue weighted by Crippen LogP contribution is -2.38. The van der Waals surface area contributed by atoms with Crippen molar-refractivity contribution in [2.45, 2.75) is 89.8 Å². The topological polar surface area (TPSA) is 188 Å². The molecule has 0 bridgehead atoms. The maximum Gasteiger partial charge on any atom is 0.307 e. The highest BCUT2D eigenvalue weighted by molar-refractivity contribution is 8.77. The lowest BCUT2D eigenvalue weighted by molar-refractivity contribution is -0.143. The molecular weight excluding hydrogens is 1070 g/mol. The molecule has 19 heteroatoms. The van der Waals surface area contributed by atoms with Crippen LogP contribution in [0, 0.1) is 12.8 Å². The molecule has 0 spiro atoms. The van der Waals surface area contributed by atoms with E-state index in [1.807, 2.05) is 72.6 Å². The molecule has 4 aliphatic rings. The van der Waals surface area contributed by atoms with Gasteiger partial charge in [-0.15, -0.1) is 0 Å². The number of hydrogen-bond donors (Lipinski definition) is 1. The number of carboxylic acid groups (broad SMARTS) is 1. The number of benzene rings is 5. The molecule has 0 aliphatic carbocycles. The summed E-state index contributed by atoms with van der Waals surface area (Å²) in [6.45, 7) is 10.9. The number of aliphatic carboxylic acids is 1. The van der Waals surface area contributed by atoms with Crippen molar-refractivity contribution in [3.05, 3.63) is 136 Å². The fourth-order valence-corrected chi connectivity index (χ4v) is 13.6. The Morgan fingerprint density at radius 3 is 2.21 bits per heavy atom.